The predicted molar refractivity (Wildman–Crippen MR) is 46.0 cm³/mol. The summed E-state index contributed by atoms with van der Waals surface area (Å²) in [6.45, 7) is 0. The van der Waals surface area contributed by atoms with E-state index in [0.717, 1.165) is 12.1 Å². The highest BCUT2D eigenvalue weighted by atomic mass is 19.3. The van der Waals surface area contributed by atoms with Crippen LogP contribution in [0, 0.1) is 15.9 Å². The minimum Gasteiger partial charge on any atom is -0.319 e. The summed E-state index contributed by atoms with van der Waals surface area (Å²) in [7, 11) is 0. The molecule has 0 fully saturated rings. The summed E-state index contributed by atoms with van der Waals surface area (Å²) in [5.74, 6) is -0.869. The van der Waals surface area contributed by atoms with Gasteiger partial charge in [-0.2, -0.15) is 0 Å². The molecule has 0 unspecified atom stereocenters. The van der Waals surface area contributed by atoms with Gasteiger partial charge in [0.05, 0.1) is 22.6 Å². The van der Waals surface area contributed by atoms with Crippen molar-refractivity contribution in [3.05, 3.63) is 39.7 Å². The number of nitrogens with two attached hydrogens (primary N) is 1. The number of halogens is 3. The van der Waals surface area contributed by atoms with Gasteiger partial charge in [0.1, 0.15) is 5.82 Å². The summed E-state index contributed by atoms with van der Waals surface area (Å²) < 4.78 is 37.1. The average molecular weight is 220 g/mol. The largest absolute Gasteiger partial charge is 0.319 e. The summed E-state index contributed by atoms with van der Waals surface area (Å²) in [4.78, 5) is 9.50. The van der Waals surface area contributed by atoms with Crippen LogP contribution in [0.1, 0.15) is 11.6 Å². The molecule has 1 aromatic rings. The lowest BCUT2D eigenvalue weighted by Gasteiger charge is -2.10. The third-order valence-corrected chi connectivity index (χ3v) is 1.82. The van der Waals surface area contributed by atoms with Crippen LogP contribution in [0.4, 0.5) is 18.9 Å². The molecule has 4 nitrogen and oxygen atoms in total. The second-order valence-corrected chi connectivity index (χ2v) is 2.82. The van der Waals surface area contributed by atoms with Crippen molar-refractivity contribution in [3.8, 4) is 0 Å². The Bertz CT molecular complexity index is 384. The first-order valence-electron chi connectivity index (χ1n) is 3.91. The van der Waals surface area contributed by atoms with Gasteiger partial charge < -0.3 is 5.73 Å². The van der Waals surface area contributed by atoms with E-state index >= 15 is 0 Å². The van der Waals surface area contributed by atoms with E-state index in [9.17, 15) is 23.3 Å². The molecule has 0 aromatic heterocycles. The lowest BCUT2D eigenvalue weighted by atomic mass is 10.1. The Labute approximate surface area is 82.7 Å². The highest BCUT2D eigenvalue weighted by molar-refractivity contribution is 5.42. The van der Waals surface area contributed by atoms with Crippen LogP contribution in [0.25, 0.3) is 0 Å². The van der Waals surface area contributed by atoms with E-state index in [0.29, 0.717) is 6.07 Å². The maximum atomic E-state index is 12.6. The third-order valence-electron chi connectivity index (χ3n) is 1.82. The van der Waals surface area contributed by atoms with Crippen LogP contribution in [0.5, 0.6) is 0 Å². The second kappa shape index (κ2) is 4.26. The number of nitro groups is 1. The number of nitro benzene ring substituents is 1. The van der Waals surface area contributed by atoms with E-state index in [4.69, 9.17) is 5.73 Å². The van der Waals surface area contributed by atoms with Crippen molar-refractivity contribution in [1.29, 1.82) is 0 Å². The Morgan fingerprint density at radius 3 is 2.47 bits per heavy atom. The Morgan fingerprint density at radius 1 is 1.40 bits per heavy atom. The zero-order valence-electron chi connectivity index (χ0n) is 7.36. The molecule has 7 heteroatoms. The van der Waals surface area contributed by atoms with Gasteiger partial charge in [-0.1, -0.05) is 0 Å². The second-order valence-electron chi connectivity index (χ2n) is 2.82. The SMILES string of the molecule is N[C@@H](c1ccc(F)cc1[N+](=O)[O-])C(F)F. The number of hydrogen-bond donors (Lipinski definition) is 1. The van der Waals surface area contributed by atoms with Crippen LogP contribution in [0.3, 0.4) is 0 Å². The first kappa shape index (κ1) is 11.4. The number of alkyl halides is 2. The fourth-order valence-corrected chi connectivity index (χ4v) is 1.09. The molecule has 0 amide bonds. The molecule has 2 N–H and O–H groups in total. The molecule has 0 aliphatic rings. The van der Waals surface area contributed by atoms with Gasteiger partial charge in [0.2, 0.25) is 0 Å². The molecule has 1 rings (SSSR count). The Hall–Kier alpha value is -1.63. The lowest BCUT2D eigenvalue weighted by molar-refractivity contribution is -0.386. The Kier molecular flexibility index (Phi) is 3.25. The number of nitrogens with zero attached hydrogens (tertiary/aromatic N) is 1. The van der Waals surface area contributed by atoms with Gasteiger partial charge in [0, 0.05) is 0 Å². The van der Waals surface area contributed by atoms with Crippen LogP contribution < -0.4 is 5.73 Å². The third kappa shape index (κ3) is 2.44. The molecule has 0 bridgehead atoms. The molecular formula is C8H7F3N2O2. The van der Waals surface area contributed by atoms with E-state index < -0.39 is 28.9 Å². The van der Waals surface area contributed by atoms with E-state index in [-0.39, 0.29) is 5.56 Å². The van der Waals surface area contributed by atoms with Crippen LogP contribution in [-0.2, 0) is 0 Å². The molecule has 0 saturated carbocycles. The minimum atomic E-state index is -2.94. The molecule has 0 radical (unpaired) electrons. The summed E-state index contributed by atoms with van der Waals surface area (Å²) in [6.07, 6.45) is -2.94. The fraction of sp³-hybridized carbons (Fsp3) is 0.250. The van der Waals surface area contributed by atoms with Crippen molar-refractivity contribution in [3.63, 3.8) is 0 Å². The number of hydrogen-bond acceptors (Lipinski definition) is 3. The van der Waals surface area contributed by atoms with Gasteiger partial charge >= 0.3 is 0 Å². The maximum Gasteiger partial charge on any atom is 0.277 e. The summed E-state index contributed by atoms with van der Waals surface area (Å²) in [5, 5.41) is 10.4. The van der Waals surface area contributed by atoms with E-state index in [1.165, 1.54) is 0 Å². The quantitative estimate of drug-likeness (QED) is 0.625. The molecule has 1 aromatic carbocycles. The van der Waals surface area contributed by atoms with Crippen molar-refractivity contribution >= 4 is 5.69 Å². The van der Waals surface area contributed by atoms with E-state index in [2.05, 4.69) is 0 Å². The van der Waals surface area contributed by atoms with Gasteiger partial charge in [-0.15, -0.1) is 0 Å². The van der Waals surface area contributed by atoms with Gasteiger partial charge in [-0.3, -0.25) is 10.1 Å². The maximum absolute atomic E-state index is 12.6. The summed E-state index contributed by atoms with van der Waals surface area (Å²) in [6, 6.07) is 0.526. The highest BCUT2D eigenvalue weighted by Gasteiger charge is 2.26. The average Bonchev–Trinajstić information content (AvgIpc) is 2.16. The van der Waals surface area contributed by atoms with Crippen molar-refractivity contribution in [1.82, 2.24) is 0 Å². The number of rotatable bonds is 3. The molecule has 0 saturated heterocycles. The van der Waals surface area contributed by atoms with Gasteiger partial charge in [0.15, 0.2) is 0 Å². The molecule has 82 valence electrons. The van der Waals surface area contributed by atoms with Crippen molar-refractivity contribution < 1.29 is 18.1 Å². The van der Waals surface area contributed by atoms with Gasteiger partial charge in [-0.25, -0.2) is 13.2 Å². The van der Waals surface area contributed by atoms with Crippen LogP contribution >= 0.6 is 0 Å². The van der Waals surface area contributed by atoms with Crippen LogP contribution in [-0.4, -0.2) is 11.3 Å². The summed E-state index contributed by atoms with van der Waals surface area (Å²) in [5.41, 5.74) is 3.94. The van der Waals surface area contributed by atoms with Crippen molar-refractivity contribution in [2.24, 2.45) is 5.73 Å². The topological polar surface area (TPSA) is 69.2 Å². The molecule has 0 aliphatic carbocycles. The Balaban J connectivity index is 3.22. The molecule has 1 atom stereocenters. The smallest absolute Gasteiger partial charge is 0.277 e. The number of benzene rings is 1. The predicted octanol–water partition coefficient (Wildman–Crippen LogP) is 2.00. The van der Waals surface area contributed by atoms with Crippen molar-refractivity contribution in [2.75, 3.05) is 0 Å². The summed E-state index contributed by atoms with van der Waals surface area (Å²) >= 11 is 0. The standard InChI is InChI=1S/C8H7F3N2O2/c9-4-1-2-5(7(12)8(10)11)6(3-4)13(14)15/h1-3,7-8H,12H2/t7-/m0/s1. The van der Waals surface area contributed by atoms with E-state index in [1.807, 2.05) is 0 Å². The molecular weight excluding hydrogens is 213 g/mol. The van der Waals surface area contributed by atoms with E-state index in [1.54, 1.807) is 0 Å². The lowest BCUT2D eigenvalue weighted by Crippen LogP contribution is -2.20. The zero-order valence-corrected chi connectivity index (χ0v) is 7.36. The van der Waals surface area contributed by atoms with Crippen molar-refractivity contribution in [2.45, 2.75) is 12.5 Å². The molecule has 0 spiro atoms. The minimum absolute atomic E-state index is 0.378. The zero-order chi connectivity index (χ0) is 11.6. The highest BCUT2D eigenvalue weighted by Crippen LogP contribution is 2.27. The molecule has 15 heavy (non-hydrogen) atoms. The Morgan fingerprint density at radius 2 is 2.00 bits per heavy atom. The fourth-order valence-electron chi connectivity index (χ4n) is 1.09. The van der Waals surface area contributed by atoms with Crippen LogP contribution in [0.2, 0.25) is 0 Å². The molecule has 0 heterocycles. The van der Waals surface area contributed by atoms with Crippen LogP contribution in [0.15, 0.2) is 18.2 Å². The normalized spacial score (nSPS) is 12.9. The molecule has 0 aliphatic heterocycles. The first-order chi connectivity index (χ1) is 6.93. The van der Waals surface area contributed by atoms with Gasteiger partial charge in [-0.05, 0) is 12.1 Å². The first-order valence-corrected chi connectivity index (χ1v) is 3.91. The monoisotopic (exact) mass is 220 g/mol. The van der Waals surface area contributed by atoms with Gasteiger partial charge in [0.25, 0.3) is 12.1 Å².